The molecular weight excluding hydrogens is 403 g/mol. The third kappa shape index (κ3) is 4.56. The van der Waals surface area contributed by atoms with Gasteiger partial charge in [0.25, 0.3) is 0 Å². The molecule has 0 saturated carbocycles. The molecule has 4 nitrogen and oxygen atoms in total. The monoisotopic (exact) mass is 431 g/mol. The predicted molar refractivity (Wildman–Crippen MR) is 115 cm³/mol. The minimum Gasteiger partial charge on any atom is -0.371 e. The van der Waals surface area contributed by atoms with Crippen LogP contribution in [0.1, 0.15) is 30.4 Å². The SMILES string of the molecule is O=C(NCc1ccccc1N1CCCC1)C1(C(F)(F)F)CCN(Cc2ccccc2)C1. The topological polar surface area (TPSA) is 35.6 Å². The lowest BCUT2D eigenvalue weighted by molar-refractivity contribution is -0.218. The van der Waals surface area contributed by atoms with E-state index in [-0.39, 0.29) is 26.1 Å². The van der Waals surface area contributed by atoms with Crippen molar-refractivity contribution in [3.63, 3.8) is 0 Å². The van der Waals surface area contributed by atoms with Crippen molar-refractivity contribution in [2.24, 2.45) is 5.41 Å². The Morgan fingerprint density at radius 3 is 2.35 bits per heavy atom. The Labute approximate surface area is 181 Å². The van der Waals surface area contributed by atoms with Crippen LogP contribution in [-0.2, 0) is 17.9 Å². The minimum absolute atomic E-state index is 0.0992. The highest BCUT2D eigenvalue weighted by molar-refractivity contribution is 5.84. The Bertz CT molecular complexity index is 896. The highest BCUT2D eigenvalue weighted by Gasteiger charge is 2.62. The maximum atomic E-state index is 14.1. The molecule has 2 aliphatic heterocycles. The van der Waals surface area contributed by atoms with Crippen molar-refractivity contribution in [2.45, 2.75) is 38.5 Å². The van der Waals surface area contributed by atoms with Crippen LogP contribution in [0, 0.1) is 5.41 Å². The number of carbonyl (C=O) groups excluding carboxylic acids is 1. The zero-order chi connectivity index (χ0) is 21.9. The molecule has 0 aromatic heterocycles. The third-order valence-corrected chi connectivity index (χ3v) is 6.45. The number of para-hydroxylation sites is 1. The number of benzene rings is 2. The quantitative estimate of drug-likeness (QED) is 0.738. The van der Waals surface area contributed by atoms with Crippen LogP contribution >= 0.6 is 0 Å². The lowest BCUT2D eigenvalue weighted by atomic mass is 9.85. The van der Waals surface area contributed by atoms with Gasteiger partial charge in [0.2, 0.25) is 5.91 Å². The first-order valence-corrected chi connectivity index (χ1v) is 10.8. The molecule has 1 unspecified atom stereocenters. The molecule has 166 valence electrons. The summed E-state index contributed by atoms with van der Waals surface area (Å²) in [6.07, 6.45) is -2.61. The summed E-state index contributed by atoms with van der Waals surface area (Å²) in [4.78, 5) is 16.9. The van der Waals surface area contributed by atoms with Gasteiger partial charge in [-0.15, -0.1) is 0 Å². The van der Waals surface area contributed by atoms with Gasteiger partial charge >= 0.3 is 6.18 Å². The number of amides is 1. The van der Waals surface area contributed by atoms with Gasteiger partial charge in [0.15, 0.2) is 5.41 Å². The van der Waals surface area contributed by atoms with Crippen molar-refractivity contribution in [1.29, 1.82) is 0 Å². The van der Waals surface area contributed by atoms with Gasteiger partial charge in [0, 0.05) is 38.4 Å². The highest BCUT2D eigenvalue weighted by atomic mass is 19.4. The molecule has 2 fully saturated rings. The Balaban J connectivity index is 1.46. The van der Waals surface area contributed by atoms with Gasteiger partial charge in [-0.05, 0) is 43.0 Å². The summed E-state index contributed by atoms with van der Waals surface area (Å²) in [6.45, 7) is 2.31. The highest BCUT2D eigenvalue weighted by Crippen LogP contribution is 2.46. The fourth-order valence-corrected chi connectivity index (χ4v) is 4.68. The molecular formula is C24H28F3N3O. The summed E-state index contributed by atoms with van der Waals surface area (Å²) in [7, 11) is 0. The van der Waals surface area contributed by atoms with Crippen LogP contribution in [0.3, 0.4) is 0 Å². The second kappa shape index (κ2) is 8.91. The molecule has 2 saturated heterocycles. The van der Waals surface area contributed by atoms with Gasteiger partial charge in [-0.2, -0.15) is 13.2 Å². The fraction of sp³-hybridized carbons (Fsp3) is 0.458. The van der Waals surface area contributed by atoms with Crippen molar-refractivity contribution in [1.82, 2.24) is 10.2 Å². The molecule has 0 aliphatic carbocycles. The van der Waals surface area contributed by atoms with E-state index in [0.29, 0.717) is 6.54 Å². The van der Waals surface area contributed by atoms with Gasteiger partial charge in [-0.1, -0.05) is 48.5 Å². The van der Waals surface area contributed by atoms with E-state index in [0.717, 1.165) is 42.7 Å². The van der Waals surface area contributed by atoms with Crippen molar-refractivity contribution < 1.29 is 18.0 Å². The Hall–Kier alpha value is -2.54. The van der Waals surface area contributed by atoms with Crippen LogP contribution in [0.15, 0.2) is 54.6 Å². The Morgan fingerprint density at radius 1 is 0.968 bits per heavy atom. The Morgan fingerprint density at radius 2 is 1.65 bits per heavy atom. The average Bonchev–Trinajstić information content (AvgIpc) is 3.43. The molecule has 4 rings (SSSR count). The van der Waals surface area contributed by atoms with Gasteiger partial charge in [0.05, 0.1) is 0 Å². The molecule has 0 bridgehead atoms. The molecule has 2 aliphatic rings. The van der Waals surface area contributed by atoms with E-state index in [2.05, 4.69) is 10.2 Å². The molecule has 2 aromatic rings. The lowest BCUT2D eigenvalue weighted by Crippen LogP contribution is -2.52. The lowest BCUT2D eigenvalue weighted by Gasteiger charge is -2.31. The molecule has 0 spiro atoms. The summed E-state index contributed by atoms with van der Waals surface area (Å²) in [5.41, 5.74) is 0.429. The van der Waals surface area contributed by atoms with E-state index in [4.69, 9.17) is 0 Å². The van der Waals surface area contributed by atoms with E-state index in [1.165, 1.54) is 0 Å². The van der Waals surface area contributed by atoms with E-state index in [9.17, 15) is 18.0 Å². The molecule has 0 radical (unpaired) electrons. The normalized spacial score (nSPS) is 22.1. The van der Waals surface area contributed by atoms with Crippen molar-refractivity contribution in [3.05, 3.63) is 65.7 Å². The molecule has 1 N–H and O–H groups in total. The summed E-state index contributed by atoms with van der Waals surface area (Å²) in [6, 6.07) is 17.0. The number of carbonyl (C=O) groups is 1. The van der Waals surface area contributed by atoms with Crippen molar-refractivity contribution in [2.75, 3.05) is 31.1 Å². The second-order valence-electron chi connectivity index (χ2n) is 8.53. The number of halogens is 3. The zero-order valence-electron chi connectivity index (χ0n) is 17.5. The number of nitrogens with zero attached hydrogens (tertiary/aromatic N) is 2. The number of hydrogen-bond acceptors (Lipinski definition) is 3. The number of hydrogen-bond donors (Lipinski definition) is 1. The Kier molecular flexibility index (Phi) is 6.23. The number of rotatable bonds is 6. The first-order chi connectivity index (χ1) is 14.9. The van der Waals surface area contributed by atoms with Gasteiger partial charge < -0.3 is 10.2 Å². The standard InChI is InChI=1S/C24H28F3N3O/c25-24(26,27)23(12-15-29(18-23)17-19-8-2-1-3-9-19)22(31)28-16-20-10-4-5-11-21(20)30-13-6-7-14-30/h1-5,8-11H,6-7,12-18H2,(H,28,31). The minimum atomic E-state index is -4.60. The maximum Gasteiger partial charge on any atom is 0.404 e. The van der Waals surface area contributed by atoms with Gasteiger partial charge in [-0.25, -0.2) is 0 Å². The zero-order valence-corrected chi connectivity index (χ0v) is 17.5. The predicted octanol–water partition coefficient (Wildman–Crippen LogP) is 4.36. The van der Waals surface area contributed by atoms with Crippen LogP contribution in [0.5, 0.6) is 0 Å². The molecule has 2 heterocycles. The summed E-state index contributed by atoms with van der Waals surface area (Å²) < 4.78 is 42.4. The second-order valence-corrected chi connectivity index (χ2v) is 8.53. The first kappa shape index (κ1) is 21.7. The fourth-order valence-electron chi connectivity index (χ4n) is 4.68. The summed E-state index contributed by atoms with van der Waals surface area (Å²) in [5.74, 6) is -0.924. The van der Waals surface area contributed by atoms with Crippen molar-refractivity contribution >= 4 is 11.6 Å². The largest absolute Gasteiger partial charge is 0.404 e. The van der Waals surface area contributed by atoms with E-state index >= 15 is 0 Å². The summed E-state index contributed by atoms with van der Waals surface area (Å²) >= 11 is 0. The molecule has 1 amide bonds. The van der Waals surface area contributed by atoms with Gasteiger partial charge in [-0.3, -0.25) is 9.69 Å². The van der Waals surface area contributed by atoms with Crippen LogP contribution in [0.4, 0.5) is 18.9 Å². The van der Waals surface area contributed by atoms with Crippen LogP contribution in [0.2, 0.25) is 0 Å². The van der Waals surface area contributed by atoms with E-state index in [1.54, 1.807) is 4.90 Å². The summed E-state index contributed by atoms with van der Waals surface area (Å²) in [5, 5.41) is 2.62. The van der Waals surface area contributed by atoms with Crippen LogP contribution in [-0.4, -0.2) is 43.2 Å². The van der Waals surface area contributed by atoms with E-state index in [1.807, 2.05) is 54.6 Å². The molecule has 1 atom stereocenters. The molecule has 7 heteroatoms. The first-order valence-electron chi connectivity index (χ1n) is 10.8. The number of likely N-dealkylation sites (tertiary alicyclic amines) is 1. The average molecular weight is 432 g/mol. The molecule has 2 aromatic carbocycles. The number of nitrogens with one attached hydrogen (secondary N) is 1. The van der Waals surface area contributed by atoms with Crippen LogP contribution < -0.4 is 10.2 Å². The number of alkyl halides is 3. The van der Waals surface area contributed by atoms with E-state index < -0.39 is 17.5 Å². The maximum absolute atomic E-state index is 14.1. The number of anilines is 1. The molecule has 31 heavy (non-hydrogen) atoms. The van der Waals surface area contributed by atoms with Crippen molar-refractivity contribution in [3.8, 4) is 0 Å². The third-order valence-electron chi connectivity index (χ3n) is 6.45. The van der Waals surface area contributed by atoms with Gasteiger partial charge in [0.1, 0.15) is 0 Å². The smallest absolute Gasteiger partial charge is 0.371 e. The van der Waals surface area contributed by atoms with Crippen LogP contribution in [0.25, 0.3) is 0 Å².